The predicted molar refractivity (Wildman–Crippen MR) is 60.1 cm³/mol. The zero-order valence-corrected chi connectivity index (χ0v) is 9.14. The molecule has 78 valence electrons. The third kappa shape index (κ3) is 3.09. The molecule has 1 aromatic carbocycles. The standard InChI is InChI=1S/C10H15ClN2O/c1-7(12)6-13-10-4-3-8(14-2)5-9(10)11/h3-5,7,13H,6,12H2,1-2H3. The normalized spacial score (nSPS) is 12.3. The van der Waals surface area contributed by atoms with Crippen molar-refractivity contribution in [3.63, 3.8) is 0 Å². The van der Waals surface area contributed by atoms with Crippen LogP contribution in [0.1, 0.15) is 6.92 Å². The maximum atomic E-state index is 6.01. The summed E-state index contributed by atoms with van der Waals surface area (Å²) in [4.78, 5) is 0. The van der Waals surface area contributed by atoms with E-state index in [2.05, 4.69) is 5.32 Å². The summed E-state index contributed by atoms with van der Waals surface area (Å²) in [7, 11) is 1.61. The molecular formula is C10H15ClN2O. The van der Waals surface area contributed by atoms with E-state index in [9.17, 15) is 0 Å². The van der Waals surface area contributed by atoms with E-state index in [0.29, 0.717) is 11.6 Å². The Morgan fingerprint density at radius 2 is 2.29 bits per heavy atom. The van der Waals surface area contributed by atoms with Crippen LogP contribution in [0.3, 0.4) is 0 Å². The molecule has 0 saturated heterocycles. The predicted octanol–water partition coefficient (Wildman–Crippen LogP) is 2.11. The van der Waals surface area contributed by atoms with Crippen LogP contribution in [0.15, 0.2) is 18.2 Å². The molecule has 0 heterocycles. The lowest BCUT2D eigenvalue weighted by Gasteiger charge is -2.11. The smallest absolute Gasteiger partial charge is 0.120 e. The van der Waals surface area contributed by atoms with Crippen molar-refractivity contribution in [2.75, 3.05) is 19.0 Å². The van der Waals surface area contributed by atoms with Gasteiger partial charge in [-0.2, -0.15) is 0 Å². The van der Waals surface area contributed by atoms with Crippen LogP contribution in [0.5, 0.6) is 5.75 Å². The minimum absolute atomic E-state index is 0.105. The lowest BCUT2D eigenvalue weighted by molar-refractivity contribution is 0.415. The van der Waals surface area contributed by atoms with Gasteiger partial charge >= 0.3 is 0 Å². The van der Waals surface area contributed by atoms with Crippen molar-refractivity contribution in [2.45, 2.75) is 13.0 Å². The maximum absolute atomic E-state index is 6.01. The average molecular weight is 215 g/mol. The van der Waals surface area contributed by atoms with Gasteiger partial charge in [-0.25, -0.2) is 0 Å². The average Bonchev–Trinajstić information content (AvgIpc) is 2.15. The van der Waals surface area contributed by atoms with E-state index in [1.165, 1.54) is 0 Å². The van der Waals surface area contributed by atoms with Crippen LogP contribution in [0.2, 0.25) is 5.02 Å². The number of nitrogens with one attached hydrogen (secondary N) is 1. The lowest BCUT2D eigenvalue weighted by atomic mass is 10.3. The van der Waals surface area contributed by atoms with Crippen LogP contribution in [-0.4, -0.2) is 19.7 Å². The van der Waals surface area contributed by atoms with Crippen molar-refractivity contribution in [3.8, 4) is 5.75 Å². The fourth-order valence-corrected chi connectivity index (χ4v) is 1.27. The molecule has 0 saturated carbocycles. The minimum atomic E-state index is 0.105. The van der Waals surface area contributed by atoms with Gasteiger partial charge in [0, 0.05) is 18.7 Å². The van der Waals surface area contributed by atoms with Gasteiger partial charge in [-0.05, 0) is 19.1 Å². The highest BCUT2D eigenvalue weighted by molar-refractivity contribution is 6.33. The van der Waals surface area contributed by atoms with Crippen LogP contribution < -0.4 is 15.8 Å². The number of benzene rings is 1. The first-order chi connectivity index (χ1) is 6.63. The Balaban J connectivity index is 2.69. The number of anilines is 1. The second-order valence-electron chi connectivity index (χ2n) is 3.20. The fraction of sp³-hybridized carbons (Fsp3) is 0.400. The maximum Gasteiger partial charge on any atom is 0.120 e. The molecule has 0 amide bonds. The Bertz CT molecular complexity index is 302. The highest BCUT2D eigenvalue weighted by Gasteiger charge is 2.02. The highest BCUT2D eigenvalue weighted by Crippen LogP contribution is 2.26. The summed E-state index contributed by atoms with van der Waals surface area (Å²) in [5.41, 5.74) is 6.50. The minimum Gasteiger partial charge on any atom is -0.497 e. The van der Waals surface area contributed by atoms with E-state index in [1.807, 2.05) is 19.1 Å². The van der Waals surface area contributed by atoms with Gasteiger partial charge in [0.25, 0.3) is 0 Å². The van der Waals surface area contributed by atoms with Gasteiger partial charge in [0.05, 0.1) is 17.8 Å². The van der Waals surface area contributed by atoms with Gasteiger partial charge < -0.3 is 15.8 Å². The van der Waals surface area contributed by atoms with E-state index < -0.39 is 0 Å². The fourth-order valence-electron chi connectivity index (χ4n) is 1.04. The molecule has 14 heavy (non-hydrogen) atoms. The molecule has 0 spiro atoms. The van der Waals surface area contributed by atoms with E-state index in [0.717, 1.165) is 11.4 Å². The van der Waals surface area contributed by atoms with Gasteiger partial charge in [0.15, 0.2) is 0 Å². The first-order valence-corrected chi connectivity index (χ1v) is 4.84. The second-order valence-corrected chi connectivity index (χ2v) is 3.61. The van der Waals surface area contributed by atoms with E-state index in [-0.39, 0.29) is 6.04 Å². The molecule has 3 nitrogen and oxygen atoms in total. The Morgan fingerprint density at radius 1 is 1.57 bits per heavy atom. The molecule has 0 aliphatic carbocycles. The van der Waals surface area contributed by atoms with Crippen LogP contribution in [0.25, 0.3) is 0 Å². The molecule has 1 aromatic rings. The largest absolute Gasteiger partial charge is 0.497 e. The van der Waals surface area contributed by atoms with E-state index >= 15 is 0 Å². The van der Waals surface area contributed by atoms with Crippen molar-refractivity contribution in [3.05, 3.63) is 23.2 Å². The quantitative estimate of drug-likeness (QED) is 0.807. The molecule has 0 fully saturated rings. The van der Waals surface area contributed by atoms with Crippen molar-refractivity contribution in [2.24, 2.45) is 5.73 Å². The molecule has 4 heteroatoms. The van der Waals surface area contributed by atoms with Crippen molar-refractivity contribution in [1.29, 1.82) is 0 Å². The van der Waals surface area contributed by atoms with Gasteiger partial charge in [-0.15, -0.1) is 0 Å². The second kappa shape index (κ2) is 5.08. The molecule has 0 radical (unpaired) electrons. The summed E-state index contributed by atoms with van der Waals surface area (Å²) in [6, 6.07) is 5.61. The highest BCUT2D eigenvalue weighted by atomic mass is 35.5. The summed E-state index contributed by atoms with van der Waals surface area (Å²) < 4.78 is 5.04. The molecule has 1 atom stereocenters. The van der Waals surface area contributed by atoms with Crippen molar-refractivity contribution in [1.82, 2.24) is 0 Å². The summed E-state index contributed by atoms with van der Waals surface area (Å²) in [5.74, 6) is 0.751. The number of nitrogens with two attached hydrogens (primary N) is 1. The van der Waals surface area contributed by atoms with Gasteiger partial charge in [0.1, 0.15) is 5.75 Å². The SMILES string of the molecule is COc1ccc(NCC(C)N)c(Cl)c1. The number of hydrogen-bond donors (Lipinski definition) is 2. The third-order valence-electron chi connectivity index (χ3n) is 1.79. The molecular weight excluding hydrogens is 200 g/mol. The summed E-state index contributed by atoms with van der Waals surface area (Å²) in [5, 5.41) is 3.79. The zero-order valence-electron chi connectivity index (χ0n) is 8.38. The van der Waals surface area contributed by atoms with Gasteiger partial charge in [-0.3, -0.25) is 0 Å². The number of methoxy groups -OCH3 is 1. The lowest BCUT2D eigenvalue weighted by Crippen LogP contribution is -2.25. The third-order valence-corrected chi connectivity index (χ3v) is 2.10. The van der Waals surface area contributed by atoms with Crippen molar-refractivity contribution < 1.29 is 4.74 Å². The molecule has 3 N–H and O–H groups in total. The number of ether oxygens (including phenoxy) is 1. The molecule has 0 aromatic heterocycles. The van der Waals surface area contributed by atoms with Crippen LogP contribution in [-0.2, 0) is 0 Å². The summed E-state index contributed by atoms with van der Waals surface area (Å²) in [6.07, 6.45) is 0. The Hall–Kier alpha value is -0.930. The van der Waals surface area contributed by atoms with E-state index in [4.69, 9.17) is 22.1 Å². The molecule has 1 rings (SSSR count). The number of hydrogen-bond acceptors (Lipinski definition) is 3. The topological polar surface area (TPSA) is 47.3 Å². The molecule has 0 aliphatic heterocycles. The first-order valence-electron chi connectivity index (χ1n) is 4.46. The van der Waals surface area contributed by atoms with Crippen LogP contribution in [0, 0.1) is 0 Å². The summed E-state index contributed by atoms with van der Waals surface area (Å²) in [6.45, 7) is 2.64. The zero-order chi connectivity index (χ0) is 10.6. The Morgan fingerprint density at radius 3 is 2.79 bits per heavy atom. The number of rotatable bonds is 4. The Labute approximate surface area is 89.2 Å². The molecule has 1 unspecified atom stereocenters. The Kier molecular flexibility index (Phi) is 4.04. The summed E-state index contributed by atoms with van der Waals surface area (Å²) >= 11 is 6.01. The molecule has 0 bridgehead atoms. The monoisotopic (exact) mass is 214 g/mol. The molecule has 0 aliphatic rings. The number of halogens is 1. The van der Waals surface area contributed by atoms with Crippen LogP contribution in [0.4, 0.5) is 5.69 Å². The first kappa shape index (κ1) is 11.1. The van der Waals surface area contributed by atoms with Gasteiger partial charge in [0.2, 0.25) is 0 Å². The van der Waals surface area contributed by atoms with Crippen LogP contribution >= 0.6 is 11.6 Å². The van der Waals surface area contributed by atoms with Crippen molar-refractivity contribution >= 4 is 17.3 Å². The van der Waals surface area contributed by atoms with Gasteiger partial charge in [-0.1, -0.05) is 11.6 Å². The van der Waals surface area contributed by atoms with E-state index in [1.54, 1.807) is 13.2 Å².